The first kappa shape index (κ1) is 25.6. The SMILES string of the molecule is NC(N)=NCCC[C@H](NC(=O)N1CCCC1C(=O)[OH2+])c1nc([C@@H](N)CCCN=C(N)N)no1. The van der Waals surface area contributed by atoms with Crippen LogP contribution in [0.25, 0.3) is 0 Å². The van der Waals surface area contributed by atoms with Gasteiger partial charge in [0.25, 0.3) is 0 Å². The van der Waals surface area contributed by atoms with Crippen molar-refractivity contribution in [3.05, 3.63) is 11.7 Å². The molecule has 2 rings (SSSR count). The summed E-state index contributed by atoms with van der Waals surface area (Å²) in [5.74, 6) is -0.346. The number of nitrogens with zero attached hydrogens (tertiary/aromatic N) is 5. The first-order valence-corrected chi connectivity index (χ1v) is 10.7. The highest BCUT2D eigenvalue weighted by atomic mass is 16.5. The summed E-state index contributed by atoms with van der Waals surface area (Å²) < 4.78 is 5.38. The van der Waals surface area contributed by atoms with Crippen LogP contribution in [0.15, 0.2) is 14.5 Å². The second kappa shape index (κ2) is 12.4. The second-order valence-electron chi connectivity index (χ2n) is 7.71. The molecule has 1 aromatic heterocycles. The Balaban J connectivity index is 2.06. The highest BCUT2D eigenvalue weighted by molar-refractivity contribution is 5.83. The van der Waals surface area contributed by atoms with Crippen LogP contribution in [0.5, 0.6) is 0 Å². The van der Waals surface area contributed by atoms with Crippen LogP contribution in [0.4, 0.5) is 4.79 Å². The quantitative estimate of drug-likeness (QED) is 0.0821. The molecule has 33 heavy (non-hydrogen) atoms. The van der Waals surface area contributed by atoms with Crippen LogP contribution in [0, 0.1) is 0 Å². The van der Waals surface area contributed by atoms with Crippen LogP contribution in [0.2, 0.25) is 0 Å². The number of carbonyl (C=O) groups excluding carboxylic acids is 2. The number of carbonyl (C=O) groups is 2. The summed E-state index contributed by atoms with van der Waals surface area (Å²) in [6.45, 7) is 1.16. The van der Waals surface area contributed by atoms with Crippen LogP contribution in [0.3, 0.4) is 0 Å². The van der Waals surface area contributed by atoms with Gasteiger partial charge in [0.1, 0.15) is 6.04 Å². The van der Waals surface area contributed by atoms with Crippen molar-refractivity contribution in [2.75, 3.05) is 19.6 Å². The Labute approximate surface area is 190 Å². The number of aliphatic imine (C=N–C) groups is 2. The lowest BCUT2D eigenvalue weighted by Gasteiger charge is -2.23. The van der Waals surface area contributed by atoms with Crippen molar-refractivity contribution in [2.24, 2.45) is 38.7 Å². The number of hydrogen-bond acceptors (Lipinski definition) is 8. The van der Waals surface area contributed by atoms with Crippen LogP contribution in [0.1, 0.15) is 62.3 Å². The van der Waals surface area contributed by atoms with Crippen molar-refractivity contribution >= 4 is 23.9 Å². The molecule has 1 saturated heterocycles. The molecule has 1 aliphatic rings. The van der Waals surface area contributed by atoms with E-state index in [2.05, 4.69) is 25.4 Å². The predicted molar refractivity (Wildman–Crippen MR) is 121 cm³/mol. The standard InChI is InChI=1S/C18H33N11O4/c19-10(4-1-7-24-16(20)21)13-27-14(33-28-13)11(5-2-8-25-17(22)23)26-18(32)29-9-3-6-12(29)15(30)31/h10-12H,1-9,19H2,(H,26,32)(H,30,31)(H4,20,21,24)(H4,22,23,25)/p+1/t10-,11-,12?/m0/s1. The molecule has 0 saturated carbocycles. The summed E-state index contributed by atoms with van der Waals surface area (Å²) in [5, 5.41) is 14.2. The van der Waals surface area contributed by atoms with Gasteiger partial charge in [-0.15, -0.1) is 0 Å². The molecule has 0 bridgehead atoms. The van der Waals surface area contributed by atoms with E-state index in [1.165, 1.54) is 4.90 Å². The Morgan fingerprint density at radius 2 is 1.79 bits per heavy atom. The normalized spacial score (nSPS) is 17.2. The summed E-state index contributed by atoms with van der Waals surface area (Å²) in [4.78, 5) is 37.9. The molecule has 1 aliphatic heterocycles. The van der Waals surface area contributed by atoms with Gasteiger partial charge in [-0.25, -0.2) is 4.79 Å². The number of urea groups is 1. The summed E-state index contributed by atoms with van der Waals surface area (Å²) in [7, 11) is 0. The van der Waals surface area contributed by atoms with Gasteiger partial charge in [-0.05, 0) is 38.5 Å². The fourth-order valence-corrected chi connectivity index (χ4v) is 3.46. The maximum absolute atomic E-state index is 12.8. The van der Waals surface area contributed by atoms with E-state index in [1.807, 2.05) is 0 Å². The summed E-state index contributed by atoms with van der Waals surface area (Å²) in [5.41, 5.74) is 27.5. The minimum Gasteiger partial charge on any atom is -0.563 e. The van der Waals surface area contributed by atoms with Crippen molar-refractivity contribution in [1.82, 2.24) is 20.4 Å². The topological polar surface area (TPSA) is 266 Å². The highest BCUT2D eigenvalue weighted by Crippen LogP contribution is 2.23. The lowest BCUT2D eigenvalue weighted by atomic mass is 10.1. The molecule has 1 fully saturated rings. The summed E-state index contributed by atoms with van der Waals surface area (Å²) in [6, 6.07) is -2.39. The Morgan fingerprint density at radius 3 is 2.39 bits per heavy atom. The Morgan fingerprint density at radius 1 is 1.15 bits per heavy atom. The maximum Gasteiger partial charge on any atom is 0.538 e. The Kier molecular flexibility index (Phi) is 9.65. The van der Waals surface area contributed by atoms with Crippen molar-refractivity contribution in [1.29, 1.82) is 0 Å². The average Bonchev–Trinajstić information content (AvgIpc) is 3.43. The number of rotatable bonds is 12. The number of hydrogen-bond donors (Lipinski definition) is 6. The third kappa shape index (κ3) is 8.10. The number of amides is 2. The zero-order valence-corrected chi connectivity index (χ0v) is 18.4. The monoisotopic (exact) mass is 468 g/mol. The minimum atomic E-state index is -0.793. The van der Waals surface area contributed by atoms with E-state index in [0.717, 1.165) is 0 Å². The van der Waals surface area contributed by atoms with Gasteiger partial charge in [0, 0.05) is 24.4 Å². The zero-order valence-electron chi connectivity index (χ0n) is 18.4. The smallest absolute Gasteiger partial charge is 0.538 e. The molecule has 3 atom stereocenters. The molecule has 2 amide bonds. The van der Waals surface area contributed by atoms with Gasteiger partial charge in [-0.1, -0.05) is 5.16 Å². The van der Waals surface area contributed by atoms with Gasteiger partial charge in [0.15, 0.2) is 23.8 Å². The Bertz CT molecular complexity index is 848. The number of aromatic nitrogens is 2. The molecule has 13 N–H and O–H groups in total. The first-order chi connectivity index (χ1) is 15.7. The third-order valence-electron chi connectivity index (χ3n) is 5.11. The molecular weight excluding hydrogens is 434 g/mol. The average molecular weight is 469 g/mol. The molecule has 15 heteroatoms. The number of nitrogens with two attached hydrogens (primary N) is 5. The van der Waals surface area contributed by atoms with Gasteiger partial charge in [-0.2, -0.15) is 4.98 Å². The first-order valence-electron chi connectivity index (χ1n) is 10.7. The van der Waals surface area contributed by atoms with Gasteiger partial charge in [-0.3, -0.25) is 9.98 Å². The number of nitrogens with one attached hydrogen (secondary N) is 1. The molecule has 15 nitrogen and oxygen atoms in total. The molecule has 0 spiro atoms. The van der Waals surface area contributed by atoms with E-state index in [4.69, 9.17) is 38.3 Å². The molecular formula is C18H34N11O4+. The van der Waals surface area contributed by atoms with Crippen molar-refractivity contribution in [3.8, 4) is 0 Å². The van der Waals surface area contributed by atoms with E-state index in [-0.39, 0.29) is 17.8 Å². The van der Waals surface area contributed by atoms with Crippen molar-refractivity contribution < 1.29 is 19.2 Å². The van der Waals surface area contributed by atoms with Gasteiger partial charge >= 0.3 is 12.0 Å². The largest absolute Gasteiger partial charge is 0.563 e. The number of likely N-dealkylation sites (tertiary alicyclic amines) is 1. The molecule has 2 heterocycles. The molecule has 0 aliphatic carbocycles. The minimum absolute atomic E-state index is 0.0112. The van der Waals surface area contributed by atoms with E-state index in [9.17, 15) is 9.59 Å². The molecule has 1 aromatic rings. The van der Waals surface area contributed by atoms with E-state index in [1.54, 1.807) is 0 Å². The molecule has 1 unspecified atom stereocenters. The zero-order chi connectivity index (χ0) is 24.4. The van der Waals surface area contributed by atoms with Crippen molar-refractivity contribution in [2.45, 2.75) is 56.7 Å². The summed E-state index contributed by atoms with van der Waals surface area (Å²) in [6.07, 6.45) is 3.18. The lowest BCUT2D eigenvalue weighted by Crippen LogP contribution is -2.47. The van der Waals surface area contributed by atoms with E-state index in [0.29, 0.717) is 64.0 Å². The maximum atomic E-state index is 12.8. The van der Waals surface area contributed by atoms with Crippen molar-refractivity contribution in [3.63, 3.8) is 0 Å². The molecule has 0 radical (unpaired) electrons. The van der Waals surface area contributed by atoms with Crippen LogP contribution < -0.4 is 34.0 Å². The van der Waals surface area contributed by atoms with Crippen LogP contribution >= 0.6 is 0 Å². The number of guanidine groups is 2. The predicted octanol–water partition coefficient (Wildman–Crippen LogP) is -2.36. The molecule has 184 valence electrons. The third-order valence-corrected chi connectivity index (χ3v) is 5.11. The van der Waals surface area contributed by atoms with E-state index >= 15 is 0 Å². The fraction of sp³-hybridized carbons (Fsp3) is 0.667. The lowest BCUT2D eigenvalue weighted by molar-refractivity contribution is -0.141. The second-order valence-corrected chi connectivity index (χ2v) is 7.71. The Hall–Kier alpha value is -3.62. The van der Waals surface area contributed by atoms with Gasteiger partial charge < -0.3 is 48.5 Å². The van der Waals surface area contributed by atoms with E-state index < -0.39 is 30.1 Å². The summed E-state index contributed by atoms with van der Waals surface area (Å²) >= 11 is 0. The molecule has 0 aromatic carbocycles. The van der Waals surface area contributed by atoms with Gasteiger partial charge in [0.2, 0.25) is 5.89 Å². The van der Waals surface area contributed by atoms with Crippen LogP contribution in [-0.2, 0) is 4.79 Å². The highest BCUT2D eigenvalue weighted by Gasteiger charge is 2.39. The fourth-order valence-electron chi connectivity index (χ4n) is 3.46. The van der Waals surface area contributed by atoms with Gasteiger partial charge in [0.05, 0.1) is 6.04 Å². The van der Waals surface area contributed by atoms with Crippen LogP contribution in [-0.4, -0.2) is 69.7 Å².